The molecule has 0 bridgehead atoms. The third kappa shape index (κ3) is 2.80. The molecular weight excluding hydrogens is 324 g/mol. The number of ether oxygens (including phenoxy) is 1. The van der Waals surface area contributed by atoms with Crippen LogP contribution in [0.2, 0.25) is 0 Å². The fraction of sp³-hybridized carbons (Fsp3) is 0.412. The van der Waals surface area contributed by atoms with E-state index in [4.69, 9.17) is 4.74 Å². The smallest absolute Gasteiger partial charge is 0.358 e. The van der Waals surface area contributed by atoms with Gasteiger partial charge in [-0.1, -0.05) is 13.8 Å². The quantitative estimate of drug-likeness (QED) is 0.739. The number of fused-ring (bicyclic) bond motifs is 2. The van der Waals surface area contributed by atoms with Crippen molar-refractivity contribution in [2.45, 2.75) is 39.7 Å². The van der Waals surface area contributed by atoms with Gasteiger partial charge in [0, 0.05) is 11.1 Å². The summed E-state index contributed by atoms with van der Waals surface area (Å²) in [6.07, 6.45) is 6.29. The molecule has 6 nitrogen and oxygen atoms in total. The lowest BCUT2D eigenvalue weighted by molar-refractivity contribution is 0.0467. The van der Waals surface area contributed by atoms with Crippen LogP contribution in [0.25, 0.3) is 11.0 Å². The van der Waals surface area contributed by atoms with Gasteiger partial charge in [0.2, 0.25) is 0 Å². The molecular formula is C17H18N4O2S. The molecule has 1 N–H and O–H groups in total. The number of aromatic amines is 1. The first-order valence-electron chi connectivity index (χ1n) is 7.94. The fourth-order valence-corrected chi connectivity index (χ4v) is 4.33. The standard InChI is InChI=1S/C17H18N4O2S/c1-17(2)5-3-11-12(7-17)24-13(21-11)8-23-16(22)14-10-4-6-18-15(10)20-9-19-14/h4,6,9H,3,5,7-8H2,1-2H3,(H,18,19,20). The molecule has 4 rings (SSSR count). The predicted octanol–water partition coefficient (Wildman–Crippen LogP) is 3.29. The Balaban J connectivity index is 1.49. The van der Waals surface area contributed by atoms with Crippen molar-refractivity contribution in [3.8, 4) is 0 Å². The lowest BCUT2D eigenvalue weighted by atomic mass is 9.79. The van der Waals surface area contributed by atoms with E-state index in [1.807, 2.05) is 0 Å². The molecule has 3 heterocycles. The van der Waals surface area contributed by atoms with Gasteiger partial charge in [-0.25, -0.2) is 19.7 Å². The highest BCUT2D eigenvalue weighted by atomic mass is 32.1. The lowest BCUT2D eigenvalue weighted by Crippen LogP contribution is -2.20. The Morgan fingerprint density at radius 2 is 2.29 bits per heavy atom. The molecule has 1 aliphatic carbocycles. The number of aromatic nitrogens is 4. The first-order chi connectivity index (χ1) is 11.5. The Kier molecular flexibility index (Phi) is 3.60. The van der Waals surface area contributed by atoms with E-state index in [-0.39, 0.29) is 12.3 Å². The van der Waals surface area contributed by atoms with E-state index in [9.17, 15) is 4.79 Å². The zero-order chi connectivity index (χ0) is 16.7. The number of rotatable bonds is 3. The molecule has 0 aliphatic heterocycles. The van der Waals surface area contributed by atoms with Crippen LogP contribution in [0, 0.1) is 5.41 Å². The van der Waals surface area contributed by atoms with Gasteiger partial charge >= 0.3 is 5.97 Å². The van der Waals surface area contributed by atoms with Crippen molar-refractivity contribution >= 4 is 28.3 Å². The number of thiazole rings is 1. The molecule has 3 aromatic heterocycles. The Hall–Kier alpha value is -2.28. The zero-order valence-corrected chi connectivity index (χ0v) is 14.4. The minimum Gasteiger partial charge on any atom is -0.454 e. The van der Waals surface area contributed by atoms with E-state index in [0.717, 1.165) is 24.3 Å². The summed E-state index contributed by atoms with van der Waals surface area (Å²) in [4.78, 5) is 29.4. The second-order valence-corrected chi connectivity index (χ2v) is 8.02. The van der Waals surface area contributed by atoms with Crippen LogP contribution in [0.15, 0.2) is 18.6 Å². The van der Waals surface area contributed by atoms with Gasteiger partial charge in [0.25, 0.3) is 0 Å². The summed E-state index contributed by atoms with van der Waals surface area (Å²) in [5.41, 5.74) is 2.40. The first kappa shape index (κ1) is 15.3. The highest BCUT2D eigenvalue weighted by Gasteiger charge is 2.28. The number of aryl methyl sites for hydroxylation is 1. The van der Waals surface area contributed by atoms with Crippen LogP contribution < -0.4 is 0 Å². The molecule has 1 aliphatic rings. The summed E-state index contributed by atoms with van der Waals surface area (Å²) < 4.78 is 5.43. The highest BCUT2D eigenvalue weighted by Crippen LogP contribution is 2.37. The Bertz CT molecular complexity index is 912. The minimum absolute atomic E-state index is 0.187. The van der Waals surface area contributed by atoms with E-state index in [0.29, 0.717) is 16.4 Å². The van der Waals surface area contributed by atoms with Crippen molar-refractivity contribution in [1.29, 1.82) is 0 Å². The van der Waals surface area contributed by atoms with Crippen molar-refractivity contribution in [2.24, 2.45) is 5.41 Å². The third-order valence-electron chi connectivity index (χ3n) is 4.37. The molecule has 0 radical (unpaired) electrons. The van der Waals surface area contributed by atoms with Gasteiger partial charge in [-0.15, -0.1) is 11.3 Å². The maximum atomic E-state index is 12.3. The highest BCUT2D eigenvalue weighted by molar-refractivity contribution is 7.11. The monoisotopic (exact) mass is 342 g/mol. The first-order valence-corrected chi connectivity index (χ1v) is 8.76. The van der Waals surface area contributed by atoms with Gasteiger partial charge in [-0.2, -0.15) is 0 Å². The van der Waals surface area contributed by atoms with Crippen LogP contribution in [0.5, 0.6) is 0 Å². The van der Waals surface area contributed by atoms with Gasteiger partial charge < -0.3 is 9.72 Å². The molecule has 124 valence electrons. The molecule has 0 aromatic carbocycles. The number of carbonyl (C=O) groups excluding carboxylic acids is 1. The molecule has 0 spiro atoms. The topological polar surface area (TPSA) is 80.8 Å². The zero-order valence-electron chi connectivity index (χ0n) is 13.6. The predicted molar refractivity (Wildman–Crippen MR) is 90.9 cm³/mol. The van der Waals surface area contributed by atoms with Crippen molar-refractivity contribution < 1.29 is 9.53 Å². The van der Waals surface area contributed by atoms with Crippen LogP contribution in [-0.4, -0.2) is 25.9 Å². The maximum Gasteiger partial charge on any atom is 0.358 e. The SMILES string of the molecule is CC1(C)CCc2nc(COC(=O)c3ncnc4[nH]ccc34)sc2C1. The Morgan fingerprint density at radius 3 is 3.17 bits per heavy atom. The van der Waals surface area contributed by atoms with Gasteiger partial charge in [0.15, 0.2) is 5.69 Å². The molecule has 0 atom stereocenters. The Morgan fingerprint density at radius 1 is 1.42 bits per heavy atom. The summed E-state index contributed by atoms with van der Waals surface area (Å²) in [6, 6.07) is 1.77. The fourth-order valence-electron chi connectivity index (χ4n) is 3.04. The molecule has 24 heavy (non-hydrogen) atoms. The van der Waals surface area contributed by atoms with E-state index >= 15 is 0 Å². The van der Waals surface area contributed by atoms with Crippen LogP contribution in [0.4, 0.5) is 0 Å². The van der Waals surface area contributed by atoms with Gasteiger partial charge in [0.05, 0.1) is 11.1 Å². The second-order valence-electron chi connectivity index (χ2n) is 6.86. The summed E-state index contributed by atoms with van der Waals surface area (Å²) in [5, 5.41) is 1.52. The number of hydrogen-bond donors (Lipinski definition) is 1. The van der Waals surface area contributed by atoms with Crippen molar-refractivity contribution in [3.63, 3.8) is 0 Å². The summed E-state index contributed by atoms with van der Waals surface area (Å²) in [5.74, 6) is -0.449. The van der Waals surface area contributed by atoms with Crippen molar-refractivity contribution in [2.75, 3.05) is 0 Å². The summed E-state index contributed by atoms with van der Waals surface area (Å²) in [7, 11) is 0. The third-order valence-corrected chi connectivity index (χ3v) is 5.45. The summed E-state index contributed by atoms with van der Waals surface area (Å²) >= 11 is 1.65. The second kappa shape index (κ2) is 5.66. The number of hydrogen-bond acceptors (Lipinski definition) is 6. The van der Waals surface area contributed by atoms with E-state index < -0.39 is 5.97 Å². The van der Waals surface area contributed by atoms with Crippen molar-refractivity contribution in [1.82, 2.24) is 19.9 Å². The van der Waals surface area contributed by atoms with E-state index in [1.54, 1.807) is 23.6 Å². The molecule has 3 aromatic rings. The van der Waals surface area contributed by atoms with Crippen LogP contribution in [0.1, 0.15) is 46.3 Å². The lowest BCUT2D eigenvalue weighted by Gasteiger charge is -2.28. The molecule has 0 amide bonds. The van der Waals surface area contributed by atoms with Gasteiger partial charge in [-0.05, 0) is 30.7 Å². The van der Waals surface area contributed by atoms with Gasteiger partial charge in [0.1, 0.15) is 23.6 Å². The van der Waals surface area contributed by atoms with Crippen LogP contribution >= 0.6 is 11.3 Å². The van der Waals surface area contributed by atoms with Crippen LogP contribution in [-0.2, 0) is 24.2 Å². The number of nitrogens with zero attached hydrogens (tertiary/aromatic N) is 3. The number of H-pyrrole nitrogens is 1. The molecule has 0 saturated carbocycles. The van der Waals surface area contributed by atoms with Crippen molar-refractivity contribution in [3.05, 3.63) is 39.9 Å². The van der Waals surface area contributed by atoms with E-state index in [1.165, 1.54) is 16.9 Å². The largest absolute Gasteiger partial charge is 0.454 e. The van der Waals surface area contributed by atoms with E-state index in [2.05, 4.69) is 33.8 Å². The normalized spacial score (nSPS) is 16.1. The van der Waals surface area contributed by atoms with Crippen LogP contribution in [0.3, 0.4) is 0 Å². The number of esters is 1. The average molecular weight is 342 g/mol. The molecule has 0 fully saturated rings. The number of carbonyl (C=O) groups is 1. The average Bonchev–Trinajstić information content (AvgIpc) is 3.16. The summed E-state index contributed by atoms with van der Waals surface area (Å²) in [6.45, 7) is 4.76. The van der Waals surface area contributed by atoms with Gasteiger partial charge in [-0.3, -0.25) is 0 Å². The molecule has 0 saturated heterocycles. The molecule has 7 heteroatoms. The molecule has 0 unspecified atom stereocenters. The number of nitrogens with one attached hydrogen (secondary N) is 1. The minimum atomic E-state index is -0.449. The Labute approximate surface area is 143 Å². The maximum absolute atomic E-state index is 12.3.